The predicted octanol–water partition coefficient (Wildman–Crippen LogP) is 1.54. The Labute approximate surface area is 130 Å². The lowest BCUT2D eigenvalue weighted by atomic mass is 9.85. The lowest BCUT2D eigenvalue weighted by molar-refractivity contribution is 0.107. The first-order valence-electron chi connectivity index (χ1n) is 8.90. The SMILES string of the molecule is CCNC1(CO)CCCC1CCN1CCCN(C)CC1C. The summed E-state index contributed by atoms with van der Waals surface area (Å²) in [4.78, 5) is 5.12. The van der Waals surface area contributed by atoms with Crippen LogP contribution in [0.25, 0.3) is 0 Å². The van der Waals surface area contributed by atoms with Crippen molar-refractivity contribution in [1.82, 2.24) is 15.1 Å². The Morgan fingerprint density at radius 1 is 1.29 bits per heavy atom. The van der Waals surface area contributed by atoms with Crippen molar-refractivity contribution in [3.05, 3.63) is 0 Å². The first kappa shape index (κ1) is 17.2. The van der Waals surface area contributed by atoms with E-state index >= 15 is 0 Å². The molecular weight excluding hydrogens is 262 g/mol. The molecule has 0 aromatic carbocycles. The number of nitrogens with one attached hydrogen (secondary N) is 1. The molecule has 0 amide bonds. The third kappa shape index (κ3) is 4.19. The molecular formula is C17H35N3O. The maximum absolute atomic E-state index is 9.90. The third-order valence-corrected chi connectivity index (χ3v) is 5.72. The minimum absolute atomic E-state index is 0.000624. The fourth-order valence-electron chi connectivity index (χ4n) is 4.49. The summed E-state index contributed by atoms with van der Waals surface area (Å²) in [5.74, 6) is 0.635. The number of hydrogen-bond acceptors (Lipinski definition) is 4. The number of aliphatic hydroxyl groups is 1. The van der Waals surface area contributed by atoms with E-state index in [1.807, 2.05) is 0 Å². The maximum atomic E-state index is 9.90. The second kappa shape index (κ2) is 7.91. The van der Waals surface area contributed by atoms with Crippen LogP contribution in [0.5, 0.6) is 0 Å². The molecule has 3 atom stereocenters. The Kier molecular flexibility index (Phi) is 6.48. The molecule has 0 bridgehead atoms. The number of aliphatic hydroxyl groups excluding tert-OH is 1. The van der Waals surface area contributed by atoms with E-state index in [1.165, 1.54) is 51.9 Å². The van der Waals surface area contributed by atoms with Crippen molar-refractivity contribution < 1.29 is 5.11 Å². The number of nitrogens with zero attached hydrogens (tertiary/aromatic N) is 2. The van der Waals surface area contributed by atoms with Crippen molar-refractivity contribution in [3.8, 4) is 0 Å². The Balaban J connectivity index is 1.89. The van der Waals surface area contributed by atoms with E-state index in [0.717, 1.165) is 13.0 Å². The van der Waals surface area contributed by atoms with Crippen molar-refractivity contribution >= 4 is 0 Å². The van der Waals surface area contributed by atoms with Crippen LogP contribution in [0.1, 0.15) is 46.0 Å². The van der Waals surface area contributed by atoms with Crippen LogP contribution in [-0.2, 0) is 0 Å². The largest absolute Gasteiger partial charge is 0.394 e. The van der Waals surface area contributed by atoms with Crippen molar-refractivity contribution in [3.63, 3.8) is 0 Å². The highest BCUT2D eigenvalue weighted by Crippen LogP contribution is 2.37. The van der Waals surface area contributed by atoms with Crippen molar-refractivity contribution in [2.75, 3.05) is 46.4 Å². The molecule has 0 aromatic rings. The van der Waals surface area contributed by atoms with Crippen LogP contribution in [-0.4, -0.2) is 72.9 Å². The van der Waals surface area contributed by atoms with E-state index in [0.29, 0.717) is 18.6 Å². The van der Waals surface area contributed by atoms with E-state index < -0.39 is 0 Å². The summed E-state index contributed by atoms with van der Waals surface area (Å²) in [7, 11) is 2.24. The normalized spacial score (nSPS) is 36.0. The van der Waals surface area contributed by atoms with Crippen LogP contribution >= 0.6 is 0 Å². The van der Waals surface area contributed by atoms with Crippen molar-refractivity contribution in [2.45, 2.75) is 57.5 Å². The van der Waals surface area contributed by atoms with E-state index in [-0.39, 0.29) is 5.54 Å². The maximum Gasteiger partial charge on any atom is 0.0616 e. The van der Waals surface area contributed by atoms with Gasteiger partial charge in [-0.1, -0.05) is 13.3 Å². The molecule has 4 nitrogen and oxygen atoms in total. The summed E-state index contributed by atoms with van der Waals surface area (Å²) in [5.41, 5.74) is 0.000624. The highest BCUT2D eigenvalue weighted by molar-refractivity contribution is 4.99. The van der Waals surface area contributed by atoms with Crippen LogP contribution in [0.4, 0.5) is 0 Å². The van der Waals surface area contributed by atoms with Crippen molar-refractivity contribution in [1.29, 1.82) is 0 Å². The van der Waals surface area contributed by atoms with E-state index in [4.69, 9.17) is 0 Å². The molecule has 2 aliphatic rings. The highest BCUT2D eigenvalue weighted by atomic mass is 16.3. The topological polar surface area (TPSA) is 38.7 Å². The van der Waals surface area contributed by atoms with Crippen LogP contribution < -0.4 is 5.32 Å². The zero-order valence-corrected chi connectivity index (χ0v) is 14.3. The van der Waals surface area contributed by atoms with E-state index in [9.17, 15) is 5.11 Å². The average molecular weight is 297 g/mol. The van der Waals surface area contributed by atoms with Crippen LogP contribution in [0.3, 0.4) is 0 Å². The molecule has 124 valence electrons. The van der Waals surface area contributed by atoms with Gasteiger partial charge in [0.05, 0.1) is 6.61 Å². The van der Waals surface area contributed by atoms with Gasteiger partial charge in [-0.2, -0.15) is 0 Å². The quantitative estimate of drug-likeness (QED) is 0.780. The molecule has 1 saturated carbocycles. The summed E-state index contributed by atoms with van der Waals surface area (Å²) in [5, 5.41) is 13.5. The molecule has 21 heavy (non-hydrogen) atoms. The molecule has 3 unspecified atom stereocenters. The van der Waals surface area contributed by atoms with Crippen molar-refractivity contribution in [2.24, 2.45) is 5.92 Å². The first-order chi connectivity index (χ1) is 10.1. The van der Waals surface area contributed by atoms with Gasteiger partial charge in [0.2, 0.25) is 0 Å². The Hall–Kier alpha value is -0.160. The predicted molar refractivity (Wildman–Crippen MR) is 88.6 cm³/mol. The van der Waals surface area contributed by atoms with Crippen LogP contribution in [0.2, 0.25) is 0 Å². The lowest BCUT2D eigenvalue weighted by Crippen LogP contribution is -2.52. The molecule has 2 fully saturated rings. The molecule has 0 spiro atoms. The fourth-order valence-corrected chi connectivity index (χ4v) is 4.49. The van der Waals surface area contributed by atoms with Gasteiger partial charge in [0, 0.05) is 18.1 Å². The number of likely N-dealkylation sites (N-methyl/N-ethyl adjacent to an activating group) is 2. The first-order valence-corrected chi connectivity index (χ1v) is 8.90. The number of hydrogen-bond donors (Lipinski definition) is 2. The number of rotatable bonds is 6. The molecule has 2 N–H and O–H groups in total. The van der Waals surface area contributed by atoms with Crippen LogP contribution in [0.15, 0.2) is 0 Å². The van der Waals surface area contributed by atoms with Gasteiger partial charge >= 0.3 is 0 Å². The van der Waals surface area contributed by atoms with Gasteiger partial charge in [0.15, 0.2) is 0 Å². The lowest BCUT2D eigenvalue weighted by Gasteiger charge is -2.37. The standard InChI is InChI=1S/C17H35N3O/c1-4-18-17(14-21)9-5-7-16(17)8-12-20-11-6-10-19(3)13-15(20)2/h15-16,18,21H,4-14H2,1-3H3. The molecule has 1 saturated heterocycles. The molecule has 1 aliphatic carbocycles. The molecule has 0 radical (unpaired) electrons. The zero-order chi connectivity index (χ0) is 15.3. The average Bonchev–Trinajstić information content (AvgIpc) is 2.78. The summed E-state index contributed by atoms with van der Waals surface area (Å²) < 4.78 is 0. The summed E-state index contributed by atoms with van der Waals surface area (Å²) in [6, 6.07) is 0.654. The van der Waals surface area contributed by atoms with Gasteiger partial charge in [0.1, 0.15) is 0 Å². The molecule has 2 rings (SSSR count). The monoisotopic (exact) mass is 297 g/mol. The van der Waals surface area contributed by atoms with Gasteiger partial charge in [0.25, 0.3) is 0 Å². The molecule has 1 aliphatic heterocycles. The molecule has 0 aromatic heterocycles. The second-order valence-corrected chi connectivity index (χ2v) is 7.22. The van der Waals surface area contributed by atoms with Crippen LogP contribution in [0, 0.1) is 5.92 Å². The summed E-state index contributed by atoms with van der Waals surface area (Å²) in [6.45, 7) is 10.6. The van der Waals surface area contributed by atoms with Gasteiger partial charge in [-0.3, -0.25) is 4.90 Å². The zero-order valence-electron chi connectivity index (χ0n) is 14.3. The summed E-state index contributed by atoms with van der Waals surface area (Å²) >= 11 is 0. The summed E-state index contributed by atoms with van der Waals surface area (Å²) in [6.07, 6.45) is 6.18. The molecule has 1 heterocycles. The van der Waals surface area contributed by atoms with Gasteiger partial charge < -0.3 is 15.3 Å². The van der Waals surface area contributed by atoms with E-state index in [2.05, 4.69) is 36.0 Å². The Morgan fingerprint density at radius 2 is 2.10 bits per heavy atom. The highest BCUT2D eigenvalue weighted by Gasteiger charge is 2.41. The smallest absolute Gasteiger partial charge is 0.0616 e. The minimum Gasteiger partial charge on any atom is -0.394 e. The van der Waals surface area contributed by atoms with Gasteiger partial charge in [-0.05, 0) is 71.8 Å². The van der Waals surface area contributed by atoms with Gasteiger partial charge in [-0.25, -0.2) is 0 Å². The van der Waals surface area contributed by atoms with E-state index in [1.54, 1.807) is 0 Å². The third-order valence-electron chi connectivity index (χ3n) is 5.72. The Morgan fingerprint density at radius 3 is 2.81 bits per heavy atom. The molecule has 4 heteroatoms. The van der Waals surface area contributed by atoms with Gasteiger partial charge in [-0.15, -0.1) is 0 Å². The minimum atomic E-state index is 0.000624. The second-order valence-electron chi connectivity index (χ2n) is 7.22. The fraction of sp³-hybridized carbons (Fsp3) is 1.00. The Bertz CT molecular complexity index is 312.